The van der Waals surface area contributed by atoms with Gasteiger partial charge in [0, 0.05) is 25.1 Å². The summed E-state index contributed by atoms with van der Waals surface area (Å²) in [5, 5.41) is 0. The van der Waals surface area contributed by atoms with Crippen molar-refractivity contribution in [1.29, 1.82) is 0 Å². The molecule has 0 aromatic carbocycles. The molecule has 20 heavy (non-hydrogen) atoms. The third-order valence-electron chi connectivity index (χ3n) is 3.44. The third kappa shape index (κ3) is 2.36. The molecule has 1 amide bonds. The zero-order valence-corrected chi connectivity index (χ0v) is 11.2. The minimum atomic E-state index is -0.0920. The van der Waals surface area contributed by atoms with Gasteiger partial charge >= 0.3 is 0 Å². The molecule has 0 N–H and O–H groups in total. The van der Waals surface area contributed by atoms with Gasteiger partial charge in [-0.1, -0.05) is 0 Å². The predicted molar refractivity (Wildman–Crippen MR) is 71.8 cm³/mol. The Kier molecular flexibility index (Phi) is 3.37. The number of carbonyl (C=O) groups is 1. The van der Waals surface area contributed by atoms with Gasteiger partial charge in [0.25, 0.3) is 5.91 Å². The summed E-state index contributed by atoms with van der Waals surface area (Å²) in [4.78, 5) is 31.0. The van der Waals surface area contributed by atoms with Crippen molar-refractivity contribution in [3.05, 3.63) is 48.1 Å². The molecule has 0 saturated carbocycles. The van der Waals surface area contributed by atoms with Gasteiger partial charge in [-0.3, -0.25) is 19.7 Å². The lowest BCUT2D eigenvalue weighted by Crippen LogP contribution is -2.31. The fraction of sp³-hybridized carbons (Fsp3) is 0.357. The van der Waals surface area contributed by atoms with Crippen molar-refractivity contribution in [1.82, 2.24) is 24.8 Å². The maximum absolute atomic E-state index is 12.5. The molecule has 1 fully saturated rings. The summed E-state index contributed by atoms with van der Waals surface area (Å²) in [5.74, 6) is -0.0920. The molecule has 2 aromatic rings. The molecule has 0 spiro atoms. The van der Waals surface area contributed by atoms with Crippen LogP contribution in [0.25, 0.3) is 0 Å². The largest absolute Gasteiger partial charge is 0.329 e. The van der Waals surface area contributed by atoms with E-state index in [2.05, 4.69) is 19.9 Å². The molecule has 1 aliphatic heterocycles. The van der Waals surface area contributed by atoms with Gasteiger partial charge in [0.05, 0.1) is 29.8 Å². The van der Waals surface area contributed by atoms with E-state index >= 15 is 0 Å². The van der Waals surface area contributed by atoms with Crippen LogP contribution in [-0.2, 0) is 0 Å². The van der Waals surface area contributed by atoms with E-state index in [0.717, 1.165) is 30.8 Å². The number of hydrogen-bond donors (Lipinski definition) is 0. The highest BCUT2D eigenvalue weighted by Crippen LogP contribution is 2.31. The van der Waals surface area contributed by atoms with E-state index in [4.69, 9.17) is 0 Å². The molecule has 1 saturated heterocycles. The maximum atomic E-state index is 12.5. The Bertz CT molecular complexity index is 599. The van der Waals surface area contributed by atoms with E-state index in [0.29, 0.717) is 5.69 Å². The lowest BCUT2D eigenvalue weighted by atomic mass is 10.1. The normalized spacial score (nSPS) is 18.2. The highest BCUT2D eigenvalue weighted by molar-refractivity contribution is 5.92. The van der Waals surface area contributed by atoms with E-state index in [-0.39, 0.29) is 11.9 Å². The van der Waals surface area contributed by atoms with Gasteiger partial charge in [0.1, 0.15) is 5.69 Å². The molecular weight excluding hydrogens is 254 g/mol. The molecule has 1 atom stereocenters. The van der Waals surface area contributed by atoms with Crippen LogP contribution < -0.4 is 0 Å². The predicted octanol–water partition coefficient (Wildman–Crippen LogP) is 1.55. The number of aryl methyl sites for hydroxylation is 1. The van der Waals surface area contributed by atoms with Crippen molar-refractivity contribution in [2.45, 2.75) is 25.8 Å². The summed E-state index contributed by atoms with van der Waals surface area (Å²) < 4.78 is 0. The number of amides is 1. The Hall–Kier alpha value is -2.37. The van der Waals surface area contributed by atoms with Crippen molar-refractivity contribution in [3.8, 4) is 0 Å². The van der Waals surface area contributed by atoms with Crippen molar-refractivity contribution in [3.63, 3.8) is 0 Å². The summed E-state index contributed by atoms with van der Waals surface area (Å²) in [7, 11) is 0. The Balaban J connectivity index is 1.85. The smallest absolute Gasteiger partial charge is 0.274 e. The Morgan fingerprint density at radius 1 is 1.20 bits per heavy atom. The van der Waals surface area contributed by atoms with Gasteiger partial charge in [-0.15, -0.1) is 0 Å². The fourth-order valence-electron chi connectivity index (χ4n) is 2.45. The molecule has 2 aromatic heterocycles. The standard InChI is InChI=1S/C14H15N5O/c1-10-7-18-12(9-17-10)14(20)19-6-2-3-13(19)11-8-15-4-5-16-11/h4-5,7-9,13H,2-3,6H2,1H3/t13-/m0/s1. The molecule has 0 radical (unpaired) electrons. The van der Waals surface area contributed by atoms with Crippen LogP contribution in [0.3, 0.4) is 0 Å². The lowest BCUT2D eigenvalue weighted by Gasteiger charge is -2.23. The molecule has 102 valence electrons. The third-order valence-corrected chi connectivity index (χ3v) is 3.44. The minimum absolute atomic E-state index is 0.0145. The van der Waals surface area contributed by atoms with Crippen molar-refractivity contribution in [2.24, 2.45) is 0 Å². The zero-order valence-electron chi connectivity index (χ0n) is 11.2. The van der Waals surface area contributed by atoms with Crippen LogP contribution in [0.4, 0.5) is 0 Å². The second kappa shape index (κ2) is 5.32. The molecule has 6 nitrogen and oxygen atoms in total. The van der Waals surface area contributed by atoms with Gasteiger partial charge in [-0.25, -0.2) is 4.98 Å². The van der Waals surface area contributed by atoms with Gasteiger partial charge in [-0.05, 0) is 19.8 Å². The molecule has 1 aliphatic rings. The molecule has 6 heteroatoms. The Morgan fingerprint density at radius 2 is 2.10 bits per heavy atom. The van der Waals surface area contributed by atoms with Gasteiger partial charge in [0.2, 0.25) is 0 Å². The Morgan fingerprint density at radius 3 is 2.80 bits per heavy atom. The zero-order chi connectivity index (χ0) is 13.9. The van der Waals surface area contributed by atoms with Crippen LogP contribution in [0.5, 0.6) is 0 Å². The van der Waals surface area contributed by atoms with Gasteiger partial charge in [-0.2, -0.15) is 0 Å². The molecule has 0 bridgehead atoms. The molecule has 0 unspecified atom stereocenters. The monoisotopic (exact) mass is 269 g/mol. The summed E-state index contributed by atoms with van der Waals surface area (Å²) in [5.41, 5.74) is 2.01. The number of hydrogen-bond acceptors (Lipinski definition) is 5. The minimum Gasteiger partial charge on any atom is -0.329 e. The lowest BCUT2D eigenvalue weighted by molar-refractivity contribution is 0.0726. The highest BCUT2D eigenvalue weighted by Gasteiger charge is 2.32. The summed E-state index contributed by atoms with van der Waals surface area (Å²) >= 11 is 0. The van der Waals surface area contributed by atoms with E-state index in [9.17, 15) is 4.79 Å². The van der Waals surface area contributed by atoms with E-state index < -0.39 is 0 Å². The van der Waals surface area contributed by atoms with Crippen molar-refractivity contribution in [2.75, 3.05) is 6.54 Å². The number of aromatic nitrogens is 4. The number of nitrogens with zero attached hydrogens (tertiary/aromatic N) is 5. The van der Waals surface area contributed by atoms with Crippen LogP contribution in [0, 0.1) is 6.92 Å². The first kappa shape index (κ1) is 12.7. The van der Waals surface area contributed by atoms with E-state index in [1.54, 1.807) is 24.8 Å². The number of carbonyl (C=O) groups excluding carboxylic acids is 1. The first-order valence-corrected chi connectivity index (χ1v) is 6.61. The second-order valence-corrected chi connectivity index (χ2v) is 4.83. The quantitative estimate of drug-likeness (QED) is 0.827. The molecule has 3 rings (SSSR count). The van der Waals surface area contributed by atoms with Gasteiger partial charge < -0.3 is 4.90 Å². The van der Waals surface area contributed by atoms with Crippen LogP contribution in [0.1, 0.15) is 40.8 Å². The average Bonchev–Trinajstić information content (AvgIpc) is 2.97. The van der Waals surface area contributed by atoms with Crippen molar-refractivity contribution >= 4 is 5.91 Å². The summed E-state index contributed by atoms with van der Waals surface area (Å²) in [6, 6.07) is -0.0145. The van der Waals surface area contributed by atoms with Crippen LogP contribution >= 0.6 is 0 Å². The van der Waals surface area contributed by atoms with Crippen molar-refractivity contribution < 1.29 is 4.79 Å². The first-order chi connectivity index (χ1) is 9.75. The summed E-state index contributed by atoms with van der Waals surface area (Å²) in [6.07, 6.45) is 10.0. The first-order valence-electron chi connectivity index (χ1n) is 6.61. The van der Waals surface area contributed by atoms with Crippen LogP contribution in [0.15, 0.2) is 31.0 Å². The van der Waals surface area contributed by atoms with Gasteiger partial charge in [0.15, 0.2) is 0 Å². The molecular formula is C14H15N5O. The second-order valence-electron chi connectivity index (χ2n) is 4.83. The highest BCUT2D eigenvalue weighted by atomic mass is 16.2. The molecule has 0 aliphatic carbocycles. The number of likely N-dealkylation sites (tertiary alicyclic amines) is 1. The Labute approximate surface area is 116 Å². The topological polar surface area (TPSA) is 71.9 Å². The fourth-order valence-corrected chi connectivity index (χ4v) is 2.45. The van der Waals surface area contributed by atoms with Crippen LogP contribution in [0.2, 0.25) is 0 Å². The number of rotatable bonds is 2. The maximum Gasteiger partial charge on any atom is 0.274 e. The van der Waals surface area contributed by atoms with E-state index in [1.165, 1.54) is 6.20 Å². The SMILES string of the molecule is Cc1cnc(C(=O)N2CCC[C@H]2c2cnccn2)cn1. The van der Waals surface area contributed by atoms with E-state index in [1.807, 2.05) is 11.8 Å². The van der Waals surface area contributed by atoms with Crippen LogP contribution in [-0.4, -0.2) is 37.3 Å². The molecule has 3 heterocycles. The summed E-state index contributed by atoms with van der Waals surface area (Å²) in [6.45, 7) is 2.56. The average molecular weight is 269 g/mol.